The van der Waals surface area contributed by atoms with Crippen molar-refractivity contribution in [3.05, 3.63) is 29.8 Å². The highest BCUT2D eigenvalue weighted by molar-refractivity contribution is 5.33. The Morgan fingerprint density at radius 1 is 1.20 bits per heavy atom. The lowest BCUT2D eigenvalue weighted by Crippen LogP contribution is -2.20. The fraction of sp³-hybridized carbons (Fsp3) is 0.538. The van der Waals surface area contributed by atoms with Crippen LogP contribution in [0.5, 0.6) is 5.75 Å². The van der Waals surface area contributed by atoms with Crippen molar-refractivity contribution in [3.8, 4) is 5.75 Å². The molecule has 20 heavy (non-hydrogen) atoms. The van der Waals surface area contributed by atoms with Gasteiger partial charge in [-0.3, -0.25) is 0 Å². The standard InChI is InChI=1S/C13H18F3NO3/c1-18-7-6-17-8-11-4-2-3-5-12(11)20-10-19-9-13(14,15)16/h2-5,17H,6-10H2,1H3. The number of ether oxygens (including phenoxy) is 3. The number of rotatable bonds is 9. The van der Waals surface area contributed by atoms with Crippen molar-refractivity contribution in [2.45, 2.75) is 12.7 Å². The quantitative estimate of drug-likeness (QED) is 0.560. The second-order valence-electron chi connectivity index (χ2n) is 4.00. The van der Waals surface area contributed by atoms with E-state index in [0.717, 1.165) is 5.56 Å². The van der Waals surface area contributed by atoms with Gasteiger partial charge >= 0.3 is 6.18 Å². The van der Waals surface area contributed by atoms with Gasteiger partial charge in [0.25, 0.3) is 0 Å². The third-order valence-electron chi connectivity index (χ3n) is 2.33. The van der Waals surface area contributed by atoms with Crippen molar-refractivity contribution in [2.24, 2.45) is 0 Å². The van der Waals surface area contributed by atoms with E-state index in [1.807, 2.05) is 12.1 Å². The van der Waals surface area contributed by atoms with Crippen LogP contribution in [0.15, 0.2) is 24.3 Å². The molecule has 0 radical (unpaired) electrons. The second kappa shape index (κ2) is 8.78. The monoisotopic (exact) mass is 293 g/mol. The lowest BCUT2D eigenvalue weighted by atomic mass is 10.2. The molecule has 1 N–H and O–H groups in total. The highest BCUT2D eigenvalue weighted by Gasteiger charge is 2.27. The van der Waals surface area contributed by atoms with Gasteiger partial charge < -0.3 is 19.5 Å². The van der Waals surface area contributed by atoms with Crippen molar-refractivity contribution in [2.75, 3.05) is 33.7 Å². The first-order chi connectivity index (χ1) is 9.53. The Bertz CT molecular complexity index is 385. The van der Waals surface area contributed by atoms with E-state index >= 15 is 0 Å². The van der Waals surface area contributed by atoms with E-state index < -0.39 is 19.6 Å². The van der Waals surface area contributed by atoms with E-state index in [2.05, 4.69) is 10.1 Å². The zero-order valence-corrected chi connectivity index (χ0v) is 11.2. The zero-order valence-electron chi connectivity index (χ0n) is 11.2. The van der Waals surface area contributed by atoms with Gasteiger partial charge in [-0.1, -0.05) is 18.2 Å². The average molecular weight is 293 g/mol. The third-order valence-corrected chi connectivity index (χ3v) is 2.33. The number of para-hydroxylation sites is 1. The Hall–Kier alpha value is -1.31. The maximum atomic E-state index is 11.9. The van der Waals surface area contributed by atoms with Crippen LogP contribution in [-0.2, 0) is 16.0 Å². The largest absolute Gasteiger partial charge is 0.467 e. The fourth-order valence-electron chi connectivity index (χ4n) is 1.45. The van der Waals surface area contributed by atoms with Crippen LogP contribution < -0.4 is 10.1 Å². The SMILES string of the molecule is COCCNCc1ccccc1OCOCC(F)(F)F. The van der Waals surface area contributed by atoms with E-state index in [1.165, 1.54) is 0 Å². The molecule has 1 aromatic rings. The second-order valence-corrected chi connectivity index (χ2v) is 4.00. The van der Waals surface area contributed by atoms with Crippen LogP contribution >= 0.6 is 0 Å². The topological polar surface area (TPSA) is 39.7 Å². The Balaban J connectivity index is 2.37. The molecule has 0 atom stereocenters. The third kappa shape index (κ3) is 7.32. The van der Waals surface area contributed by atoms with E-state index in [4.69, 9.17) is 9.47 Å². The smallest absolute Gasteiger partial charge is 0.411 e. The molecule has 1 aromatic carbocycles. The number of benzene rings is 1. The summed E-state index contributed by atoms with van der Waals surface area (Å²) in [4.78, 5) is 0. The molecule has 0 spiro atoms. The van der Waals surface area contributed by atoms with Crippen molar-refractivity contribution < 1.29 is 27.4 Å². The van der Waals surface area contributed by atoms with Crippen molar-refractivity contribution >= 4 is 0 Å². The maximum absolute atomic E-state index is 11.9. The summed E-state index contributed by atoms with van der Waals surface area (Å²) in [6.07, 6.45) is -4.34. The van der Waals surface area contributed by atoms with Gasteiger partial charge in [0.1, 0.15) is 12.4 Å². The van der Waals surface area contributed by atoms with E-state index in [0.29, 0.717) is 25.4 Å². The van der Waals surface area contributed by atoms with E-state index in [9.17, 15) is 13.2 Å². The molecule has 0 amide bonds. The minimum Gasteiger partial charge on any atom is -0.467 e. The summed E-state index contributed by atoms with van der Waals surface area (Å²) in [5.41, 5.74) is 0.846. The molecule has 0 saturated heterocycles. The Morgan fingerprint density at radius 3 is 2.65 bits per heavy atom. The summed E-state index contributed by atoms with van der Waals surface area (Å²) in [5, 5.41) is 3.13. The van der Waals surface area contributed by atoms with Gasteiger partial charge in [-0.05, 0) is 6.07 Å². The minimum atomic E-state index is -4.34. The summed E-state index contributed by atoms with van der Waals surface area (Å²) < 4.78 is 50.2. The lowest BCUT2D eigenvalue weighted by Gasteiger charge is -2.13. The molecule has 1 rings (SSSR count). The lowest BCUT2D eigenvalue weighted by molar-refractivity contribution is -0.186. The van der Waals surface area contributed by atoms with Crippen molar-refractivity contribution in [3.63, 3.8) is 0 Å². The molecule has 0 aromatic heterocycles. The highest BCUT2D eigenvalue weighted by atomic mass is 19.4. The summed E-state index contributed by atoms with van der Waals surface area (Å²) in [5.74, 6) is 0.500. The summed E-state index contributed by atoms with van der Waals surface area (Å²) in [7, 11) is 1.61. The number of hydrogen-bond donors (Lipinski definition) is 1. The number of hydrogen-bond acceptors (Lipinski definition) is 4. The molecule has 4 nitrogen and oxygen atoms in total. The Labute approximate surface area is 115 Å². The van der Waals surface area contributed by atoms with Crippen molar-refractivity contribution in [1.29, 1.82) is 0 Å². The predicted molar refractivity (Wildman–Crippen MR) is 67.5 cm³/mol. The highest BCUT2D eigenvalue weighted by Crippen LogP contribution is 2.18. The van der Waals surface area contributed by atoms with Gasteiger partial charge in [0.2, 0.25) is 0 Å². The summed E-state index contributed by atoms with van der Waals surface area (Å²) in [6.45, 7) is 0.0434. The first-order valence-electron chi connectivity index (χ1n) is 6.08. The van der Waals surface area contributed by atoms with Gasteiger partial charge in [0.15, 0.2) is 6.79 Å². The molecule has 0 aliphatic heterocycles. The van der Waals surface area contributed by atoms with Gasteiger partial charge in [-0.2, -0.15) is 13.2 Å². The summed E-state index contributed by atoms with van der Waals surface area (Å²) in [6, 6.07) is 7.09. The van der Waals surface area contributed by atoms with Crippen LogP contribution in [0.25, 0.3) is 0 Å². The molecule has 0 fully saturated rings. The number of nitrogens with one attached hydrogen (secondary N) is 1. The minimum absolute atomic E-state index is 0.436. The molecule has 0 bridgehead atoms. The number of methoxy groups -OCH3 is 1. The molecular weight excluding hydrogens is 275 g/mol. The molecule has 0 aliphatic carbocycles. The predicted octanol–water partition coefficient (Wildman–Crippen LogP) is 2.34. The van der Waals surface area contributed by atoms with Gasteiger partial charge in [-0.25, -0.2) is 0 Å². The molecule has 7 heteroatoms. The molecule has 0 heterocycles. The van der Waals surface area contributed by atoms with Crippen molar-refractivity contribution in [1.82, 2.24) is 5.32 Å². The molecule has 0 aliphatic rings. The molecular formula is C13H18F3NO3. The van der Waals surface area contributed by atoms with E-state index in [-0.39, 0.29) is 0 Å². The van der Waals surface area contributed by atoms with Crippen LogP contribution in [0.1, 0.15) is 5.56 Å². The van der Waals surface area contributed by atoms with Gasteiger partial charge in [0, 0.05) is 25.8 Å². The normalized spacial score (nSPS) is 11.6. The Morgan fingerprint density at radius 2 is 1.95 bits per heavy atom. The van der Waals surface area contributed by atoms with Crippen LogP contribution in [0.4, 0.5) is 13.2 Å². The zero-order chi connectivity index (χ0) is 14.8. The average Bonchev–Trinajstić information content (AvgIpc) is 2.40. The van der Waals surface area contributed by atoms with Crippen LogP contribution in [0.2, 0.25) is 0 Å². The van der Waals surface area contributed by atoms with Gasteiger partial charge in [0.05, 0.1) is 6.61 Å². The first kappa shape index (κ1) is 16.7. The van der Waals surface area contributed by atoms with Crippen LogP contribution in [0, 0.1) is 0 Å². The van der Waals surface area contributed by atoms with Crippen LogP contribution in [0.3, 0.4) is 0 Å². The molecule has 114 valence electrons. The number of halogens is 3. The Kier molecular flexibility index (Phi) is 7.35. The fourth-order valence-corrected chi connectivity index (χ4v) is 1.45. The van der Waals surface area contributed by atoms with E-state index in [1.54, 1.807) is 19.2 Å². The molecule has 0 saturated carbocycles. The molecule has 0 unspecified atom stereocenters. The van der Waals surface area contributed by atoms with Gasteiger partial charge in [-0.15, -0.1) is 0 Å². The first-order valence-corrected chi connectivity index (χ1v) is 6.08. The number of alkyl halides is 3. The van der Waals surface area contributed by atoms with Crippen LogP contribution in [-0.4, -0.2) is 39.8 Å². The summed E-state index contributed by atoms with van der Waals surface area (Å²) >= 11 is 0. The maximum Gasteiger partial charge on any atom is 0.411 e.